The smallest absolute Gasteiger partial charge is 0.119 e. The third-order valence-corrected chi connectivity index (χ3v) is 8.50. The van der Waals surface area contributed by atoms with Crippen LogP contribution in [0.1, 0.15) is 56.1 Å². The molecule has 0 aliphatic heterocycles. The van der Waals surface area contributed by atoms with Crippen LogP contribution in [0, 0.1) is 28.6 Å². The lowest BCUT2D eigenvalue weighted by Crippen LogP contribution is -2.46. The largest absolute Gasteiger partial charge is 0.497 e. The molecule has 2 heteroatoms. The lowest BCUT2D eigenvalue weighted by atomic mass is 9.51. The molecule has 0 bridgehead atoms. The van der Waals surface area contributed by atoms with Crippen LogP contribution in [0.15, 0.2) is 18.2 Å². The van der Waals surface area contributed by atoms with Crippen LogP contribution in [-0.4, -0.2) is 18.8 Å². The van der Waals surface area contributed by atoms with Crippen molar-refractivity contribution in [1.82, 2.24) is 0 Å². The van der Waals surface area contributed by atoms with Crippen molar-refractivity contribution in [2.75, 3.05) is 13.7 Å². The Morgan fingerprint density at radius 1 is 1.30 bits per heavy atom. The van der Waals surface area contributed by atoms with Crippen molar-refractivity contribution in [2.24, 2.45) is 28.6 Å². The topological polar surface area (TPSA) is 29.5 Å². The first kappa shape index (κ1) is 14.3. The first-order valence-corrected chi connectivity index (χ1v) is 9.41. The van der Waals surface area contributed by atoms with Gasteiger partial charge < -0.3 is 9.84 Å². The number of aryl methyl sites for hydroxylation is 1. The van der Waals surface area contributed by atoms with Gasteiger partial charge in [-0.25, -0.2) is 0 Å². The molecule has 1 aromatic carbocycles. The van der Waals surface area contributed by atoms with Gasteiger partial charge in [0.15, 0.2) is 0 Å². The Balaban J connectivity index is 1.54. The summed E-state index contributed by atoms with van der Waals surface area (Å²) in [6, 6.07) is 6.77. The van der Waals surface area contributed by atoms with E-state index in [1.165, 1.54) is 44.1 Å². The molecular weight excluding hydrogens is 284 g/mol. The summed E-state index contributed by atoms with van der Waals surface area (Å²) in [6.07, 6.45) is 7.89. The van der Waals surface area contributed by atoms with Gasteiger partial charge in [-0.2, -0.15) is 0 Å². The molecule has 5 rings (SSSR count). The van der Waals surface area contributed by atoms with E-state index in [2.05, 4.69) is 25.1 Å². The first-order chi connectivity index (χ1) is 11.1. The van der Waals surface area contributed by atoms with E-state index in [1.807, 2.05) is 0 Å². The molecule has 4 aliphatic rings. The molecule has 3 fully saturated rings. The zero-order valence-electron chi connectivity index (χ0n) is 14.3. The summed E-state index contributed by atoms with van der Waals surface area (Å²) in [5.74, 6) is 4.06. The highest BCUT2D eigenvalue weighted by molar-refractivity contribution is 5.42. The second kappa shape index (κ2) is 4.53. The quantitative estimate of drug-likeness (QED) is 0.888. The fourth-order valence-corrected chi connectivity index (χ4v) is 7.36. The lowest BCUT2D eigenvalue weighted by Gasteiger charge is -2.53. The molecule has 0 amide bonds. The molecule has 0 radical (unpaired) electrons. The molecule has 4 aliphatic carbocycles. The van der Waals surface area contributed by atoms with Gasteiger partial charge in [0, 0.05) is 6.61 Å². The number of ether oxygens (including phenoxy) is 1. The van der Waals surface area contributed by atoms with Crippen molar-refractivity contribution in [2.45, 2.75) is 51.4 Å². The lowest BCUT2D eigenvalue weighted by molar-refractivity contribution is -0.0273. The summed E-state index contributed by atoms with van der Waals surface area (Å²) in [6.45, 7) is 2.92. The molecule has 0 heterocycles. The molecule has 2 nitrogen and oxygen atoms in total. The monoisotopic (exact) mass is 312 g/mol. The predicted molar refractivity (Wildman–Crippen MR) is 90.6 cm³/mol. The molecule has 23 heavy (non-hydrogen) atoms. The Bertz CT molecular complexity index is 653. The van der Waals surface area contributed by atoms with E-state index < -0.39 is 0 Å². The van der Waals surface area contributed by atoms with Crippen molar-refractivity contribution in [3.8, 4) is 5.75 Å². The summed E-state index contributed by atoms with van der Waals surface area (Å²) in [5.41, 5.74) is 4.09. The second-order valence-corrected chi connectivity index (χ2v) is 8.83. The molecule has 1 N–H and O–H groups in total. The Morgan fingerprint density at radius 3 is 2.96 bits per heavy atom. The summed E-state index contributed by atoms with van der Waals surface area (Å²) in [5, 5.41) is 9.90. The van der Waals surface area contributed by atoms with Crippen LogP contribution in [0.5, 0.6) is 5.75 Å². The number of hydrogen-bond acceptors (Lipinski definition) is 2. The van der Waals surface area contributed by atoms with Crippen LogP contribution >= 0.6 is 0 Å². The van der Waals surface area contributed by atoms with Crippen molar-refractivity contribution in [1.29, 1.82) is 0 Å². The van der Waals surface area contributed by atoms with E-state index >= 15 is 0 Å². The Morgan fingerprint density at radius 2 is 2.17 bits per heavy atom. The van der Waals surface area contributed by atoms with Gasteiger partial charge in [0.05, 0.1) is 7.11 Å². The average molecular weight is 312 g/mol. The highest BCUT2D eigenvalue weighted by Gasteiger charge is 2.76. The highest BCUT2D eigenvalue weighted by atomic mass is 16.5. The van der Waals surface area contributed by atoms with E-state index in [-0.39, 0.29) is 0 Å². The maximum Gasteiger partial charge on any atom is 0.119 e. The molecule has 0 aromatic heterocycles. The second-order valence-electron chi connectivity index (χ2n) is 8.83. The van der Waals surface area contributed by atoms with Gasteiger partial charge in [-0.15, -0.1) is 0 Å². The number of rotatable bonds is 2. The third kappa shape index (κ3) is 1.59. The minimum Gasteiger partial charge on any atom is -0.497 e. The molecule has 0 saturated heterocycles. The normalized spacial score (nSPS) is 46.4. The van der Waals surface area contributed by atoms with Gasteiger partial charge in [0.1, 0.15) is 5.75 Å². The molecule has 124 valence electrons. The van der Waals surface area contributed by atoms with Crippen molar-refractivity contribution >= 4 is 0 Å². The Hall–Kier alpha value is -1.02. The Kier molecular flexibility index (Phi) is 2.83. The number of fused-ring (bicyclic) bond motifs is 3. The molecule has 3 saturated carbocycles. The zero-order chi connectivity index (χ0) is 15.8. The third-order valence-electron chi connectivity index (χ3n) is 8.50. The minimum absolute atomic E-state index is 0.400. The number of methoxy groups -OCH3 is 1. The summed E-state index contributed by atoms with van der Waals surface area (Å²) < 4.78 is 5.43. The molecule has 1 spiro atoms. The maximum absolute atomic E-state index is 9.90. The zero-order valence-corrected chi connectivity index (χ0v) is 14.3. The van der Waals surface area contributed by atoms with Crippen molar-refractivity contribution in [3.63, 3.8) is 0 Å². The molecule has 1 aromatic rings. The molecule has 6 atom stereocenters. The number of aliphatic hydroxyl groups is 1. The van der Waals surface area contributed by atoms with Crippen LogP contribution in [0.25, 0.3) is 0 Å². The van der Waals surface area contributed by atoms with Crippen molar-refractivity contribution < 1.29 is 9.84 Å². The minimum atomic E-state index is 0.400. The van der Waals surface area contributed by atoms with Crippen LogP contribution in [0.4, 0.5) is 0 Å². The molecular formula is C21H28O2. The average Bonchev–Trinajstić information content (AvgIpc) is 3.24. The van der Waals surface area contributed by atoms with Gasteiger partial charge in [0.2, 0.25) is 0 Å². The molecule has 0 unspecified atom stereocenters. The van der Waals surface area contributed by atoms with Crippen LogP contribution in [0.2, 0.25) is 0 Å². The fraction of sp³-hybridized carbons (Fsp3) is 0.714. The summed E-state index contributed by atoms with van der Waals surface area (Å²) >= 11 is 0. The summed E-state index contributed by atoms with van der Waals surface area (Å²) in [7, 11) is 1.76. The Labute approximate surface area is 139 Å². The van der Waals surface area contributed by atoms with Gasteiger partial charge in [-0.3, -0.25) is 0 Å². The van der Waals surface area contributed by atoms with Gasteiger partial charge in [-0.1, -0.05) is 13.0 Å². The van der Waals surface area contributed by atoms with Crippen molar-refractivity contribution in [3.05, 3.63) is 29.3 Å². The number of hydrogen-bond donors (Lipinski definition) is 1. The van der Waals surface area contributed by atoms with Crippen LogP contribution in [0.3, 0.4) is 0 Å². The fourth-order valence-electron chi connectivity index (χ4n) is 7.36. The maximum atomic E-state index is 9.90. The van der Waals surface area contributed by atoms with E-state index in [9.17, 15) is 5.11 Å². The number of benzene rings is 1. The van der Waals surface area contributed by atoms with Crippen LogP contribution in [-0.2, 0) is 6.42 Å². The van der Waals surface area contributed by atoms with Gasteiger partial charge in [-0.05, 0) is 96.3 Å². The summed E-state index contributed by atoms with van der Waals surface area (Å²) in [4.78, 5) is 0. The van der Waals surface area contributed by atoms with E-state index in [0.29, 0.717) is 23.4 Å². The van der Waals surface area contributed by atoms with E-state index in [1.54, 1.807) is 12.7 Å². The first-order valence-electron chi connectivity index (χ1n) is 9.41. The van der Waals surface area contributed by atoms with Crippen LogP contribution < -0.4 is 4.74 Å². The van der Waals surface area contributed by atoms with Gasteiger partial charge >= 0.3 is 0 Å². The van der Waals surface area contributed by atoms with Gasteiger partial charge in [0.25, 0.3) is 0 Å². The van der Waals surface area contributed by atoms with E-state index in [0.717, 1.165) is 23.5 Å². The highest BCUT2D eigenvalue weighted by Crippen LogP contribution is 2.83. The SMILES string of the molecule is COc1ccc2c(c1)CC[C@@H]1[C@@H]2CC[C@]2(C)[C@H](CO)C[C@H]3C[C@@]312. The van der Waals surface area contributed by atoms with E-state index in [4.69, 9.17) is 4.74 Å². The standard InChI is InChI=1S/C21H28O2/c1-20-8-7-18-17-5-4-16(23-2)9-13(17)3-6-19(18)21(20)11-14(21)10-15(20)12-22/h4-5,9,14-15,18-19,22H,3,6-8,10-12H2,1-2H3/t14-,15-,18+,19+,20+,21+/m0/s1. The predicted octanol–water partition coefficient (Wildman–Crippen LogP) is 4.16. The number of aliphatic hydroxyl groups excluding tert-OH is 1.